The number of carboxylic acid groups (broad SMARTS) is 1. The van der Waals surface area contributed by atoms with Gasteiger partial charge in [0.1, 0.15) is 0 Å². The number of anilines is 1. The molecule has 0 fully saturated rings. The summed E-state index contributed by atoms with van der Waals surface area (Å²) in [5.41, 5.74) is 3.10. The lowest BCUT2D eigenvalue weighted by Gasteiger charge is -2.09. The molecule has 7 heteroatoms. The van der Waals surface area contributed by atoms with Gasteiger partial charge in [-0.3, -0.25) is 4.72 Å². The summed E-state index contributed by atoms with van der Waals surface area (Å²) in [4.78, 5) is 10.8. The van der Waals surface area contributed by atoms with Crippen molar-refractivity contribution in [2.45, 2.75) is 18.4 Å². The molecule has 6 nitrogen and oxygen atoms in total. The van der Waals surface area contributed by atoms with E-state index in [1.54, 1.807) is 18.2 Å². The molecular weight excluding hydrogens is 400 g/mol. The van der Waals surface area contributed by atoms with Crippen molar-refractivity contribution in [1.29, 1.82) is 0 Å². The summed E-state index contributed by atoms with van der Waals surface area (Å²) < 4.78 is 30.6. The lowest BCUT2D eigenvalue weighted by molar-refractivity contribution is -0.131. The Bertz CT molecular complexity index is 1400. The Morgan fingerprint density at radius 1 is 1.00 bits per heavy atom. The first kappa shape index (κ1) is 19.7. The molecule has 3 aromatic carbocycles. The molecule has 0 aliphatic rings. The fraction of sp³-hybridized carbons (Fsp3) is 0.0870. The standard InChI is InChI=1S/C23H20N2O4S/c1-2-25-21-9-4-3-8-19(21)20-15-17(11-12-22(20)25)24-30(28,29)18-7-5-6-16(14-18)10-13-23(26)27/h3-15,24H,2H2,1H3,(H,26,27). The van der Waals surface area contributed by atoms with Crippen molar-refractivity contribution < 1.29 is 18.3 Å². The van der Waals surface area contributed by atoms with Crippen molar-refractivity contribution in [3.05, 3.63) is 78.4 Å². The summed E-state index contributed by atoms with van der Waals surface area (Å²) in [5.74, 6) is -1.10. The molecule has 1 heterocycles. The van der Waals surface area contributed by atoms with Crippen LogP contribution in [0.2, 0.25) is 0 Å². The van der Waals surface area contributed by atoms with Gasteiger partial charge in [-0.25, -0.2) is 13.2 Å². The maximum absolute atomic E-state index is 12.9. The normalized spacial score (nSPS) is 12.0. The highest BCUT2D eigenvalue weighted by atomic mass is 32.2. The summed E-state index contributed by atoms with van der Waals surface area (Å²) in [6.07, 6.45) is 2.32. The topological polar surface area (TPSA) is 88.4 Å². The van der Waals surface area contributed by atoms with Crippen molar-refractivity contribution in [3.63, 3.8) is 0 Å². The summed E-state index contributed by atoms with van der Waals surface area (Å²) in [6, 6.07) is 19.7. The Morgan fingerprint density at radius 3 is 2.53 bits per heavy atom. The van der Waals surface area contributed by atoms with Crippen LogP contribution in [0.3, 0.4) is 0 Å². The highest BCUT2D eigenvalue weighted by molar-refractivity contribution is 7.92. The third kappa shape index (κ3) is 3.67. The Hall–Kier alpha value is -3.58. The minimum absolute atomic E-state index is 0.0612. The Labute approximate surface area is 174 Å². The highest BCUT2D eigenvalue weighted by Gasteiger charge is 2.16. The summed E-state index contributed by atoms with van der Waals surface area (Å²) in [6.45, 7) is 2.89. The Balaban J connectivity index is 1.72. The molecule has 30 heavy (non-hydrogen) atoms. The molecule has 0 aliphatic heterocycles. The molecular formula is C23H20N2O4S. The fourth-order valence-electron chi connectivity index (χ4n) is 3.62. The van der Waals surface area contributed by atoms with E-state index in [0.29, 0.717) is 11.3 Å². The fourth-order valence-corrected chi connectivity index (χ4v) is 4.73. The van der Waals surface area contributed by atoms with E-state index in [4.69, 9.17) is 5.11 Å². The van der Waals surface area contributed by atoms with E-state index >= 15 is 0 Å². The number of aromatic nitrogens is 1. The van der Waals surface area contributed by atoms with Gasteiger partial charge in [0.2, 0.25) is 0 Å². The molecule has 4 aromatic rings. The third-order valence-electron chi connectivity index (χ3n) is 4.93. The van der Waals surface area contributed by atoms with Crippen LogP contribution in [-0.2, 0) is 21.4 Å². The number of nitrogens with one attached hydrogen (secondary N) is 1. The third-order valence-corrected chi connectivity index (χ3v) is 6.31. The Morgan fingerprint density at radius 2 is 1.77 bits per heavy atom. The van der Waals surface area contributed by atoms with E-state index in [9.17, 15) is 13.2 Å². The summed E-state index contributed by atoms with van der Waals surface area (Å²) >= 11 is 0. The number of sulfonamides is 1. The zero-order chi connectivity index (χ0) is 21.3. The van der Waals surface area contributed by atoms with Crippen LogP contribution >= 0.6 is 0 Å². The van der Waals surface area contributed by atoms with Gasteiger partial charge in [-0.1, -0.05) is 30.3 Å². The zero-order valence-electron chi connectivity index (χ0n) is 16.2. The van der Waals surface area contributed by atoms with Gasteiger partial charge in [0.05, 0.1) is 4.90 Å². The molecule has 0 saturated heterocycles. The second-order valence-corrected chi connectivity index (χ2v) is 8.53. The first-order valence-electron chi connectivity index (χ1n) is 9.44. The molecule has 0 bridgehead atoms. The highest BCUT2D eigenvalue weighted by Crippen LogP contribution is 2.31. The lowest BCUT2D eigenvalue weighted by atomic mass is 10.1. The van der Waals surface area contributed by atoms with Gasteiger partial charge in [0.15, 0.2) is 0 Å². The van der Waals surface area contributed by atoms with Crippen LogP contribution in [0.4, 0.5) is 5.69 Å². The minimum atomic E-state index is -3.83. The molecule has 0 radical (unpaired) electrons. The predicted molar refractivity (Wildman–Crippen MR) is 119 cm³/mol. The molecule has 4 rings (SSSR count). The quantitative estimate of drug-likeness (QED) is 0.442. The second-order valence-electron chi connectivity index (χ2n) is 6.84. The van der Waals surface area contributed by atoms with E-state index in [1.165, 1.54) is 18.2 Å². The van der Waals surface area contributed by atoms with Crippen LogP contribution < -0.4 is 4.72 Å². The molecule has 0 amide bonds. The molecule has 0 aliphatic carbocycles. The Kier molecular flexibility index (Phi) is 5.05. The van der Waals surface area contributed by atoms with Crippen LogP contribution in [0.25, 0.3) is 27.9 Å². The van der Waals surface area contributed by atoms with E-state index in [0.717, 1.165) is 34.4 Å². The van der Waals surface area contributed by atoms with E-state index in [1.807, 2.05) is 30.3 Å². The van der Waals surface area contributed by atoms with Gasteiger partial charge in [0.25, 0.3) is 10.0 Å². The molecule has 2 N–H and O–H groups in total. The number of para-hydroxylation sites is 1. The van der Waals surface area contributed by atoms with Crippen molar-refractivity contribution >= 4 is 49.6 Å². The number of hydrogen-bond donors (Lipinski definition) is 2. The maximum atomic E-state index is 12.9. The number of nitrogens with zero attached hydrogens (tertiary/aromatic N) is 1. The van der Waals surface area contributed by atoms with Crippen molar-refractivity contribution in [2.75, 3.05) is 4.72 Å². The number of carbonyl (C=O) groups is 1. The maximum Gasteiger partial charge on any atom is 0.328 e. The van der Waals surface area contributed by atoms with Crippen LogP contribution in [-0.4, -0.2) is 24.1 Å². The van der Waals surface area contributed by atoms with Gasteiger partial charge in [-0.05, 0) is 55.0 Å². The number of carboxylic acids is 1. The van der Waals surface area contributed by atoms with Crippen LogP contribution in [0.5, 0.6) is 0 Å². The van der Waals surface area contributed by atoms with E-state index < -0.39 is 16.0 Å². The molecule has 0 saturated carbocycles. The van der Waals surface area contributed by atoms with Gasteiger partial charge < -0.3 is 9.67 Å². The zero-order valence-corrected chi connectivity index (χ0v) is 17.1. The smallest absolute Gasteiger partial charge is 0.328 e. The SMILES string of the molecule is CCn1c2ccccc2c2cc(NS(=O)(=O)c3cccc(C=CC(=O)O)c3)ccc21. The van der Waals surface area contributed by atoms with E-state index in [2.05, 4.69) is 22.3 Å². The lowest BCUT2D eigenvalue weighted by Crippen LogP contribution is -2.13. The van der Waals surface area contributed by atoms with Crippen molar-refractivity contribution in [1.82, 2.24) is 4.57 Å². The first-order valence-corrected chi connectivity index (χ1v) is 10.9. The average molecular weight is 420 g/mol. The number of hydrogen-bond acceptors (Lipinski definition) is 3. The van der Waals surface area contributed by atoms with Crippen molar-refractivity contribution in [3.8, 4) is 0 Å². The monoisotopic (exact) mass is 420 g/mol. The number of rotatable bonds is 6. The molecule has 0 unspecified atom stereocenters. The largest absolute Gasteiger partial charge is 0.478 e. The molecule has 152 valence electrons. The predicted octanol–water partition coefficient (Wildman–Crippen LogP) is 4.71. The van der Waals surface area contributed by atoms with E-state index in [-0.39, 0.29) is 4.90 Å². The average Bonchev–Trinajstić information content (AvgIpc) is 3.05. The van der Waals surface area contributed by atoms with Gasteiger partial charge >= 0.3 is 5.97 Å². The van der Waals surface area contributed by atoms with Crippen LogP contribution in [0, 0.1) is 0 Å². The van der Waals surface area contributed by atoms with Crippen LogP contribution in [0.1, 0.15) is 12.5 Å². The first-order chi connectivity index (χ1) is 14.4. The molecule has 0 spiro atoms. The van der Waals surface area contributed by atoms with Gasteiger partial charge in [-0.15, -0.1) is 0 Å². The number of aryl methyl sites for hydroxylation is 1. The number of aliphatic carboxylic acids is 1. The minimum Gasteiger partial charge on any atom is -0.478 e. The number of fused-ring (bicyclic) bond motifs is 3. The summed E-state index contributed by atoms with van der Waals surface area (Å²) in [5, 5.41) is 10.8. The summed E-state index contributed by atoms with van der Waals surface area (Å²) in [7, 11) is -3.83. The van der Waals surface area contributed by atoms with Gasteiger partial charge in [-0.2, -0.15) is 0 Å². The molecule has 1 aromatic heterocycles. The van der Waals surface area contributed by atoms with Gasteiger partial charge in [0, 0.05) is 40.1 Å². The number of benzene rings is 3. The van der Waals surface area contributed by atoms with Crippen molar-refractivity contribution in [2.24, 2.45) is 0 Å². The second kappa shape index (κ2) is 7.68. The molecule has 0 atom stereocenters. The van der Waals surface area contributed by atoms with Crippen LogP contribution in [0.15, 0.2) is 77.7 Å².